The molecular formula is C16H13FN2O4S. The number of benzene rings is 2. The normalized spacial score (nSPS) is 11.6. The minimum absolute atomic E-state index is 0.0462. The van der Waals surface area contributed by atoms with Crippen molar-refractivity contribution in [2.75, 3.05) is 0 Å². The molecule has 24 heavy (non-hydrogen) atoms. The van der Waals surface area contributed by atoms with E-state index in [1.54, 1.807) is 13.0 Å². The SMILES string of the molecule is Cc1ccc(-n2c(-c3ccc(S(N)(=O)=O)cc3)coc2=O)c(F)c1. The van der Waals surface area contributed by atoms with E-state index < -0.39 is 21.6 Å². The summed E-state index contributed by atoms with van der Waals surface area (Å²) in [6.45, 7) is 1.73. The molecule has 0 unspecified atom stereocenters. The van der Waals surface area contributed by atoms with E-state index in [2.05, 4.69) is 0 Å². The van der Waals surface area contributed by atoms with E-state index in [1.165, 1.54) is 42.7 Å². The molecule has 0 saturated heterocycles. The third-order valence-electron chi connectivity index (χ3n) is 3.52. The predicted octanol–water partition coefficient (Wildman–Crippen LogP) is 2.19. The maximum atomic E-state index is 14.2. The van der Waals surface area contributed by atoms with Crippen LogP contribution in [0.3, 0.4) is 0 Å². The minimum Gasteiger partial charge on any atom is -0.415 e. The Morgan fingerprint density at radius 3 is 2.38 bits per heavy atom. The fourth-order valence-corrected chi connectivity index (χ4v) is 2.86. The quantitative estimate of drug-likeness (QED) is 0.785. The fourth-order valence-electron chi connectivity index (χ4n) is 2.34. The number of hydrogen-bond donors (Lipinski definition) is 1. The smallest absolute Gasteiger partial charge is 0.415 e. The Hall–Kier alpha value is -2.71. The van der Waals surface area contributed by atoms with E-state index in [4.69, 9.17) is 9.56 Å². The Bertz CT molecular complexity index is 1070. The summed E-state index contributed by atoms with van der Waals surface area (Å²) in [5.74, 6) is -1.32. The molecule has 0 aliphatic rings. The second-order valence-electron chi connectivity index (χ2n) is 5.25. The van der Waals surface area contributed by atoms with Gasteiger partial charge in [0.2, 0.25) is 10.0 Å². The van der Waals surface area contributed by atoms with Gasteiger partial charge in [0.25, 0.3) is 0 Å². The Kier molecular flexibility index (Phi) is 3.86. The number of aryl methyl sites for hydroxylation is 1. The van der Waals surface area contributed by atoms with E-state index in [0.29, 0.717) is 16.8 Å². The lowest BCUT2D eigenvalue weighted by molar-refractivity contribution is 0.500. The lowest BCUT2D eigenvalue weighted by Gasteiger charge is -2.08. The minimum atomic E-state index is -3.82. The van der Waals surface area contributed by atoms with Crippen LogP contribution in [0.2, 0.25) is 0 Å². The molecule has 0 fully saturated rings. The Morgan fingerprint density at radius 2 is 1.79 bits per heavy atom. The summed E-state index contributed by atoms with van der Waals surface area (Å²) >= 11 is 0. The number of nitrogens with two attached hydrogens (primary N) is 1. The lowest BCUT2D eigenvalue weighted by atomic mass is 10.1. The summed E-state index contributed by atoms with van der Waals surface area (Å²) in [6.07, 6.45) is 1.19. The third-order valence-corrected chi connectivity index (χ3v) is 4.45. The van der Waals surface area contributed by atoms with Crippen molar-refractivity contribution in [3.8, 4) is 16.9 Å². The fraction of sp³-hybridized carbons (Fsp3) is 0.0625. The molecule has 0 atom stereocenters. The summed E-state index contributed by atoms with van der Waals surface area (Å²) in [4.78, 5) is 11.9. The monoisotopic (exact) mass is 348 g/mol. The summed E-state index contributed by atoms with van der Waals surface area (Å²) in [7, 11) is -3.82. The zero-order valence-electron chi connectivity index (χ0n) is 12.6. The number of rotatable bonds is 3. The second-order valence-corrected chi connectivity index (χ2v) is 6.81. The van der Waals surface area contributed by atoms with Gasteiger partial charge in [0.05, 0.1) is 16.3 Å². The molecule has 1 heterocycles. The second kappa shape index (κ2) is 5.73. The van der Waals surface area contributed by atoms with E-state index >= 15 is 0 Å². The molecule has 0 spiro atoms. The van der Waals surface area contributed by atoms with Crippen LogP contribution in [0.1, 0.15) is 5.56 Å². The van der Waals surface area contributed by atoms with Crippen molar-refractivity contribution in [2.45, 2.75) is 11.8 Å². The summed E-state index contributed by atoms with van der Waals surface area (Å²) in [5.41, 5.74) is 1.54. The van der Waals surface area contributed by atoms with Crippen LogP contribution in [0.15, 0.2) is 62.8 Å². The highest BCUT2D eigenvalue weighted by Gasteiger charge is 2.16. The van der Waals surface area contributed by atoms with Crippen LogP contribution in [0, 0.1) is 12.7 Å². The number of sulfonamides is 1. The van der Waals surface area contributed by atoms with Gasteiger partial charge in [-0.2, -0.15) is 0 Å². The Labute approximate surface area is 137 Å². The molecule has 0 amide bonds. The van der Waals surface area contributed by atoms with Gasteiger partial charge in [-0.05, 0) is 36.8 Å². The van der Waals surface area contributed by atoms with Crippen LogP contribution in [0.25, 0.3) is 16.9 Å². The first-order valence-corrected chi connectivity index (χ1v) is 8.42. The molecule has 0 bridgehead atoms. The molecule has 8 heteroatoms. The Morgan fingerprint density at radius 1 is 1.12 bits per heavy atom. The molecule has 1 aromatic heterocycles. The maximum Gasteiger partial charge on any atom is 0.424 e. The molecule has 0 radical (unpaired) electrons. The Balaban J connectivity index is 2.16. The van der Waals surface area contributed by atoms with Crippen LogP contribution >= 0.6 is 0 Å². The molecule has 2 aromatic carbocycles. The van der Waals surface area contributed by atoms with Crippen molar-refractivity contribution in [2.24, 2.45) is 5.14 Å². The van der Waals surface area contributed by atoms with Gasteiger partial charge in [-0.1, -0.05) is 18.2 Å². The van der Waals surface area contributed by atoms with Crippen LogP contribution in [-0.2, 0) is 10.0 Å². The summed E-state index contributed by atoms with van der Waals surface area (Å²) < 4.78 is 42.8. The van der Waals surface area contributed by atoms with Gasteiger partial charge in [0.1, 0.15) is 12.1 Å². The first-order chi connectivity index (χ1) is 11.3. The van der Waals surface area contributed by atoms with Gasteiger partial charge in [-0.3, -0.25) is 0 Å². The van der Waals surface area contributed by atoms with Gasteiger partial charge >= 0.3 is 5.76 Å². The zero-order chi connectivity index (χ0) is 17.5. The molecule has 124 valence electrons. The first-order valence-electron chi connectivity index (χ1n) is 6.87. The predicted molar refractivity (Wildman–Crippen MR) is 85.8 cm³/mol. The maximum absolute atomic E-state index is 14.2. The largest absolute Gasteiger partial charge is 0.424 e. The first kappa shape index (κ1) is 16.2. The van der Waals surface area contributed by atoms with Gasteiger partial charge in [0, 0.05) is 5.56 Å². The van der Waals surface area contributed by atoms with E-state index in [1.807, 2.05) is 0 Å². The standard InChI is InChI=1S/C16H13FN2O4S/c1-10-2-7-14(13(17)8-10)19-15(9-23-16(19)20)11-3-5-12(6-4-11)24(18,21)22/h2-9H,1H3,(H2,18,21,22). The van der Waals surface area contributed by atoms with Crippen molar-refractivity contribution in [3.05, 3.63) is 70.7 Å². The average molecular weight is 348 g/mol. The van der Waals surface area contributed by atoms with Gasteiger partial charge < -0.3 is 4.42 Å². The number of aromatic nitrogens is 1. The lowest BCUT2D eigenvalue weighted by Crippen LogP contribution is -2.15. The summed E-state index contributed by atoms with van der Waals surface area (Å²) in [6, 6.07) is 9.99. The molecule has 0 aliphatic heterocycles. The highest BCUT2D eigenvalue weighted by atomic mass is 32.2. The zero-order valence-corrected chi connectivity index (χ0v) is 13.4. The van der Waals surface area contributed by atoms with Crippen LogP contribution in [-0.4, -0.2) is 13.0 Å². The number of nitrogens with zero attached hydrogens (tertiary/aromatic N) is 1. The van der Waals surface area contributed by atoms with Crippen molar-refractivity contribution >= 4 is 10.0 Å². The van der Waals surface area contributed by atoms with Crippen LogP contribution < -0.4 is 10.9 Å². The number of halogens is 1. The van der Waals surface area contributed by atoms with E-state index in [-0.39, 0.29) is 10.6 Å². The molecule has 3 aromatic rings. The topological polar surface area (TPSA) is 95.3 Å². The summed E-state index contributed by atoms with van der Waals surface area (Å²) in [5, 5.41) is 5.05. The van der Waals surface area contributed by atoms with Gasteiger partial charge in [-0.25, -0.2) is 27.3 Å². The van der Waals surface area contributed by atoms with Crippen LogP contribution in [0.4, 0.5) is 4.39 Å². The molecule has 0 aliphatic carbocycles. The van der Waals surface area contributed by atoms with E-state index in [9.17, 15) is 17.6 Å². The molecular weight excluding hydrogens is 335 g/mol. The highest BCUT2D eigenvalue weighted by Crippen LogP contribution is 2.24. The van der Waals surface area contributed by atoms with Crippen molar-refractivity contribution in [1.29, 1.82) is 0 Å². The van der Waals surface area contributed by atoms with E-state index in [0.717, 1.165) is 4.57 Å². The molecule has 6 nitrogen and oxygen atoms in total. The molecule has 3 rings (SSSR count). The highest BCUT2D eigenvalue weighted by molar-refractivity contribution is 7.89. The average Bonchev–Trinajstić information content (AvgIpc) is 2.88. The van der Waals surface area contributed by atoms with Crippen molar-refractivity contribution < 1.29 is 17.2 Å². The molecule has 0 saturated carbocycles. The number of primary sulfonamides is 1. The third kappa shape index (κ3) is 2.89. The van der Waals surface area contributed by atoms with Crippen LogP contribution in [0.5, 0.6) is 0 Å². The number of oxazole rings is 1. The van der Waals surface area contributed by atoms with Gasteiger partial charge in [0.15, 0.2) is 0 Å². The molecule has 2 N–H and O–H groups in total. The van der Waals surface area contributed by atoms with Gasteiger partial charge in [-0.15, -0.1) is 0 Å². The van der Waals surface area contributed by atoms with Crippen molar-refractivity contribution in [1.82, 2.24) is 4.57 Å². The van der Waals surface area contributed by atoms with Crippen molar-refractivity contribution in [3.63, 3.8) is 0 Å². The number of hydrogen-bond acceptors (Lipinski definition) is 4.